The third-order valence-corrected chi connectivity index (χ3v) is 4.78. The third-order valence-electron chi connectivity index (χ3n) is 4.78. The molecule has 7 heteroatoms. The molecule has 0 aliphatic carbocycles. The molecule has 2 N–H and O–H groups in total. The number of urea groups is 1. The van der Waals surface area contributed by atoms with Gasteiger partial charge in [-0.1, -0.05) is 32.0 Å². The fourth-order valence-electron chi connectivity index (χ4n) is 3.40. The molecule has 1 aromatic carbocycles. The molecule has 1 unspecified atom stereocenters. The van der Waals surface area contributed by atoms with Crippen molar-refractivity contribution < 1.29 is 14.4 Å². The lowest BCUT2D eigenvalue weighted by molar-refractivity contribution is -0.135. The molecule has 1 aromatic rings. The lowest BCUT2D eigenvalue weighted by Gasteiger charge is -2.35. The van der Waals surface area contributed by atoms with Crippen molar-refractivity contribution in [2.45, 2.75) is 32.7 Å². The number of amides is 4. The van der Waals surface area contributed by atoms with E-state index in [0.717, 1.165) is 11.3 Å². The first kappa shape index (κ1) is 18.2. The first-order valence-corrected chi connectivity index (χ1v) is 9.16. The predicted molar refractivity (Wildman–Crippen MR) is 98.7 cm³/mol. The number of carbonyl (C=O) groups is 3. The summed E-state index contributed by atoms with van der Waals surface area (Å²) in [6, 6.07) is 6.70. The number of para-hydroxylation sites is 1. The van der Waals surface area contributed by atoms with Crippen molar-refractivity contribution in [2.75, 3.05) is 31.5 Å². The fourth-order valence-corrected chi connectivity index (χ4v) is 3.40. The first-order valence-electron chi connectivity index (χ1n) is 9.16. The van der Waals surface area contributed by atoms with Crippen molar-refractivity contribution in [3.05, 3.63) is 29.8 Å². The number of benzene rings is 1. The highest BCUT2D eigenvalue weighted by molar-refractivity contribution is 5.98. The minimum absolute atomic E-state index is 0.0437. The van der Waals surface area contributed by atoms with E-state index in [0.29, 0.717) is 38.4 Å². The number of hydrogen-bond acceptors (Lipinski definition) is 3. The van der Waals surface area contributed by atoms with Crippen molar-refractivity contribution in [1.29, 1.82) is 0 Å². The number of nitrogens with zero attached hydrogens (tertiary/aromatic N) is 2. The van der Waals surface area contributed by atoms with Crippen LogP contribution >= 0.6 is 0 Å². The summed E-state index contributed by atoms with van der Waals surface area (Å²) in [6.07, 6.45) is 1.25. The Morgan fingerprint density at radius 1 is 1.27 bits per heavy atom. The van der Waals surface area contributed by atoms with Gasteiger partial charge in [0.1, 0.15) is 12.6 Å². The van der Waals surface area contributed by atoms with Crippen LogP contribution in [0.1, 0.15) is 25.8 Å². The standard InChI is InChI=1S/C19H26N4O3/c1-13(2)11-22-9-10-23(12-17(22)24)19(26)21-16-8-7-14-5-3-4-6-15(14)20-18(16)25/h3-6,13,16H,7-12H2,1-2H3,(H,20,25)(H,21,26). The molecule has 1 atom stereocenters. The van der Waals surface area contributed by atoms with Crippen molar-refractivity contribution in [2.24, 2.45) is 5.92 Å². The lowest BCUT2D eigenvalue weighted by atomic mass is 10.1. The average molecular weight is 358 g/mol. The van der Waals surface area contributed by atoms with E-state index in [1.807, 2.05) is 24.3 Å². The molecule has 7 nitrogen and oxygen atoms in total. The van der Waals surface area contributed by atoms with Crippen LogP contribution in [0.25, 0.3) is 0 Å². The normalized spacial score (nSPS) is 20.5. The van der Waals surface area contributed by atoms with Crippen LogP contribution in [0.2, 0.25) is 0 Å². The topological polar surface area (TPSA) is 81.8 Å². The Labute approximate surface area is 153 Å². The van der Waals surface area contributed by atoms with Crippen LogP contribution < -0.4 is 10.6 Å². The second-order valence-electron chi connectivity index (χ2n) is 7.34. The van der Waals surface area contributed by atoms with Crippen LogP contribution in [0.3, 0.4) is 0 Å². The largest absolute Gasteiger partial charge is 0.339 e. The number of carbonyl (C=O) groups excluding carboxylic acids is 3. The zero-order valence-electron chi connectivity index (χ0n) is 15.3. The number of hydrogen-bond donors (Lipinski definition) is 2. The zero-order valence-corrected chi connectivity index (χ0v) is 15.3. The van der Waals surface area contributed by atoms with Crippen molar-refractivity contribution in [3.63, 3.8) is 0 Å². The molecule has 4 amide bonds. The van der Waals surface area contributed by atoms with Crippen LogP contribution in [-0.2, 0) is 16.0 Å². The first-order chi connectivity index (χ1) is 12.4. The van der Waals surface area contributed by atoms with Gasteiger partial charge in [-0.05, 0) is 30.4 Å². The van der Waals surface area contributed by atoms with Crippen LogP contribution in [0, 0.1) is 5.92 Å². The van der Waals surface area contributed by atoms with E-state index in [1.54, 1.807) is 4.90 Å². The molecule has 1 saturated heterocycles. The summed E-state index contributed by atoms with van der Waals surface area (Å²) in [5.41, 5.74) is 1.86. The number of aryl methyl sites for hydroxylation is 1. The average Bonchev–Trinajstić information content (AvgIpc) is 2.75. The van der Waals surface area contributed by atoms with E-state index >= 15 is 0 Å². The smallest absolute Gasteiger partial charge is 0.318 e. The Morgan fingerprint density at radius 2 is 2.04 bits per heavy atom. The Balaban J connectivity index is 1.57. The number of nitrogens with one attached hydrogen (secondary N) is 2. The van der Waals surface area contributed by atoms with Gasteiger partial charge in [-0.25, -0.2) is 4.79 Å². The highest BCUT2D eigenvalue weighted by Crippen LogP contribution is 2.21. The highest BCUT2D eigenvalue weighted by atomic mass is 16.2. The molecule has 26 heavy (non-hydrogen) atoms. The van der Waals surface area contributed by atoms with E-state index in [1.165, 1.54) is 4.90 Å². The van der Waals surface area contributed by atoms with Gasteiger partial charge in [-0.3, -0.25) is 9.59 Å². The number of fused-ring (bicyclic) bond motifs is 1. The van der Waals surface area contributed by atoms with Gasteiger partial charge in [0.05, 0.1) is 0 Å². The molecule has 1 fully saturated rings. The molecule has 3 rings (SSSR count). The SMILES string of the molecule is CC(C)CN1CCN(C(=O)NC2CCc3ccccc3NC2=O)CC1=O. The monoisotopic (exact) mass is 358 g/mol. The van der Waals surface area contributed by atoms with Crippen LogP contribution in [0.15, 0.2) is 24.3 Å². The molecule has 0 spiro atoms. The molecule has 0 aromatic heterocycles. The Kier molecular flexibility index (Phi) is 5.44. The molecular weight excluding hydrogens is 332 g/mol. The minimum Gasteiger partial charge on any atom is -0.339 e. The van der Waals surface area contributed by atoms with E-state index in [9.17, 15) is 14.4 Å². The third kappa shape index (κ3) is 4.15. The Bertz CT molecular complexity index is 704. The zero-order chi connectivity index (χ0) is 18.7. The summed E-state index contributed by atoms with van der Waals surface area (Å²) in [7, 11) is 0. The van der Waals surface area contributed by atoms with Gasteiger partial charge in [-0.15, -0.1) is 0 Å². The maximum atomic E-state index is 12.5. The summed E-state index contributed by atoms with van der Waals surface area (Å²) in [5, 5.41) is 5.66. The summed E-state index contributed by atoms with van der Waals surface area (Å²) in [5.74, 6) is 0.140. The molecule has 0 radical (unpaired) electrons. The highest BCUT2D eigenvalue weighted by Gasteiger charge is 2.31. The summed E-state index contributed by atoms with van der Waals surface area (Å²) in [4.78, 5) is 40.5. The van der Waals surface area contributed by atoms with E-state index < -0.39 is 6.04 Å². The van der Waals surface area contributed by atoms with Gasteiger partial charge in [0, 0.05) is 25.3 Å². The molecular formula is C19H26N4O3. The van der Waals surface area contributed by atoms with Gasteiger partial charge in [-0.2, -0.15) is 0 Å². The van der Waals surface area contributed by atoms with Crippen molar-refractivity contribution in [1.82, 2.24) is 15.1 Å². The maximum Gasteiger partial charge on any atom is 0.318 e. The summed E-state index contributed by atoms with van der Waals surface area (Å²) < 4.78 is 0. The van der Waals surface area contributed by atoms with Gasteiger partial charge in [0.2, 0.25) is 11.8 Å². The van der Waals surface area contributed by atoms with Crippen molar-refractivity contribution >= 4 is 23.5 Å². The second-order valence-corrected chi connectivity index (χ2v) is 7.34. The fraction of sp³-hybridized carbons (Fsp3) is 0.526. The number of anilines is 1. The van der Waals surface area contributed by atoms with Crippen molar-refractivity contribution in [3.8, 4) is 0 Å². The Morgan fingerprint density at radius 3 is 2.77 bits per heavy atom. The summed E-state index contributed by atoms with van der Waals surface area (Å²) >= 11 is 0. The van der Waals surface area contributed by atoms with Gasteiger partial charge in [0.15, 0.2) is 0 Å². The molecule has 2 aliphatic rings. The van der Waals surface area contributed by atoms with Crippen LogP contribution in [-0.4, -0.2) is 59.9 Å². The van der Waals surface area contributed by atoms with Crippen LogP contribution in [0.5, 0.6) is 0 Å². The Hall–Kier alpha value is -2.57. The molecule has 0 saturated carbocycles. The van der Waals surface area contributed by atoms with Gasteiger partial charge in [0.25, 0.3) is 0 Å². The predicted octanol–water partition coefficient (Wildman–Crippen LogP) is 1.45. The number of piperazine rings is 1. The lowest BCUT2D eigenvalue weighted by Crippen LogP contribution is -2.57. The quantitative estimate of drug-likeness (QED) is 0.858. The number of rotatable bonds is 3. The van der Waals surface area contributed by atoms with E-state index in [-0.39, 0.29) is 24.4 Å². The minimum atomic E-state index is -0.598. The molecule has 140 valence electrons. The summed E-state index contributed by atoms with van der Waals surface area (Å²) in [6.45, 7) is 5.92. The molecule has 2 heterocycles. The van der Waals surface area contributed by atoms with Crippen LogP contribution in [0.4, 0.5) is 10.5 Å². The molecule has 2 aliphatic heterocycles. The van der Waals surface area contributed by atoms with Gasteiger partial charge < -0.3 is 20.4 Å². The van der Waals surface area contributed by atoms with E-state index in [2.05, 4.69) is 24.5 Å². The second kappa shape index (κ2) is 7.76. The maximum absolute atomic E-state index is 12.5. The van der Waals surface area contributed by atoms with Gasteiger partial charge >= 0.3 is 6.03 Å². The van der Waals surface area contributed by atoms with E-state index in [4.69, 9.17) is 0 Å². The molecule has 0 bridgehead atoms.